The molecule has 0 aliphatic rings. The Hall–Kier alpha value is -2.50. The van der Waals surface area contributed by atoms with Crippen LogP contribution in [-0.2, 0) is 6.54 Å². The maximum Gasteiger partial charge on any atom is 0.304 e. The van der Waals surface area contributed by atoms with E-state index in [-0.39, 0.29) is 5.43 Å². The Kier molecular flexibility index (Phi) is 3.18. The van der Waals surface area contributed by atoms with E-state index in [1.165, 1.54) is 18.2 Å². The summed E-state index contributed by atoms with van der Waals surface area (Å²) in [6, 6.07) is 6.52. The van der Waals surface area contributed by atoms with Crippen LogP contribution in [0.5, 0.6) is 0 Å². The SMILES string of the molecule is O=c1ccn(Cc2ccc([N+](=O)[O-])c(F)c2)cc1. The van der Waals surface area contributed by atoms with E-state index in [0.717, 1.165) is 12.1 Å². The smallest absolute Gasteiger partial charge is 0.304 e. The van der Waals surface area contributed by atoms with Crippen molar-refractivity contribution in [2.75, 3.05) is 0 Å². The Morgan fingerprint density at radius 3 is 2.44 bits per heavy atom. The van der Waals surface area contributed by atoms with Crippen LogP contribution >= 0.6 is 0 Å². The van der Waals surface area contributed by atoms with Gasteiger partial charge in [0.1, 0.15) is 0 Å². The second-order valence-electron chi connectivity index (χ2n) is 3.75. The topological polar surface area (TPSA) is 65.1 Å². The number of nitro groups is 1. The Balaban J connectivity index is 2.25. The molecule has 1 aromatic heterocycles. The Morgan fingerprint density at radius 2 is 1.89 bits per heavy atom. The second kappa shape index (κ2) is 4.79. The summed E-state index contributed by atoms with van der Waals surface area (Å²) >= 11 is 0. The minimum absolute atomic E-state index is 0.110. The second-order valence-corrected chi connectivity index (χ2v) is 3.75. The minimum atomic E-state index is -0.862. The van der Waals surface area contributed by atoms with Gasteiger partial charge in [-0.2, -0.15) is 4.39 Å². The van der Waals surface area contributed by atoms with Crippen LogP contribution < -0.4 is 5.43 Å². The van der Waals surface area contributed by atoms with E-state index in [2.05, 4.69) is 0 Å². The summed E-state index contributed by atoms with van der Waals surface area (Å²) in [5.41, 5.74) is -0.0680. The monoisotopic (exact) mass is 248 g/mol. The standard InChI is InChI=1S/C12H9FN2O3/c13-11-7-9(1-2-12(11)15(17)18)8-14-5-3-10(16)4-6-14/h1-7H,8H2. The van der Waals surface area contributed by atoms with Crippen molar-refractivity contribution in [1.82, 2.24) is 4.57 Å². The van der Waals surface area contributed by atoms with E-state index in [4.69, 9.17) is 0 Å². The molecule has 92 valence electrons. The molecule has 0 fully saturated rings. The molecule has 1 heterocycles. The van der Waals surface area contributed by atoms with E-state index in [0.29, 0.717) is 12.1 Å². The van der Waals surface area contributed by atoms with Crippen LogP contribution in [0.15, 0.2) is 47.5 Å². The van der Waals surface area contributed by atoms with Crippen LogP contribution in [0.2, 0.25) is 0 Å². The number of aromatic nitrogens is 1. The highest BCUT2D eigenvalue weighted by molar-refractivity contribution is 5.35. The van der Waals surface area contributed by atoms with Crippen molar-refractivity contribution in [1.29, 1.82) is 0 Å². The molecule has 1 aromatic carbocycles. The predicted octanol–water partition coefficient (Wildman–Crippen LogP) is 1.94. The van der Waals surface area contributed by atoms with Gasteiger partial charge in [0.05, 0.1) is 4.92 Å². The fourth-order valence-corrected chi connectivity index (χ4v) is 1.56. The zero-order chi connectivity index (χ0) is 13.1. The normalized spacial score (nSPS) is 10.3. The molecule has 0 saturated heterocycles. The van der Waals surface area contributed by atoms with Gasteiger partial charge in [0.25, 0.3) is 0 Å². The first kappa shape index (κ1) is 12.0. The van der Waals surface area contributed by atoms with Crippen molar-refractivity contribution in [2.45, 2.75) is 6.54 Å². The third-order valence-electron chi connectivity index (χ3n) is 2.43. The first-order valence-corrected chi connectivity index (χ1v) is 5.15. The van der Waals surface area contributed by atoms with E-state index < -0.39 is 16.4 Å². The number of hydrogen-bond donors (Lipinski definition) is 0. The van der Waals surface area contributed by atoms with Gasteiger partial charge in [-0.05, 0) is 11.6 Å². The van der Waals surface area contributed by atoms with Crippen LogP contribution in [0.25, 0.3) is 0 Å². The molecular formula is C12H9FN2O3. The number of hydrogen-bond acceptors (Lipinski definition) is 3. The average Bonchev–Trinajstić information content (AvgIpc) is 2.32. The number of nitro benzene ring substituents is 1. The maximum atomic E-state index is 13.4. The first-order valence-electron chi connectivity index (χ1n) is 5.15. The summed E-state index contributed by atoms with van der Waals surface area (Å²) in [6.45, 7) is 0.342. The molecule has 0 amide bonds. The lowest BCUT2D eigenvalue weighted by Crippen LogP contribution is -2.05. The Labute approximate surface area is 101 Å². The maximum absolute atomic E-state index is 13.4. The van der Waals surface area contributed by atoms with Crippen LogP contribution in [0, 0.1) is 15.9 Å². The number of rotatable bonds is 3. The molecule has 2 aromatic rings. The minimum Gasteiger partial charge on any atom is -0.350 e. The van der Waals surface area contributed by atoms with Crippen molar-refractivity contribution in [3.05, 3.63) is 74.4 Å². The molecule has 0 radical (unpaired) electrons. The van der Waals surface area contributed by atoms with Gasteiger partial charge < -0.3 is 4.57 Å². The van der Waals surface area contributed by atoms with E-state index in [1.807, 2.05) is 0 Å². The molecule has 0 spiro atoms. The summed E-state index contributed by atoms with van der Waals surface area (Å²) in [7, 11) is 0. The van der Waals surface area contributed by atoms with Gasteiger partial charge in [-0.1, -0.05) is 6.07 Å². The Morgan fingerprint density at radius 1 is 1.22 bits per heavy atom. The molecule has 0 atom stereocenters. The summed E-state index contributed by atoms with van der Waals surface area (Å²) in [4.78, 5) is 20.6. The van der Waals surface area contributed by atoms with E-state index >= 15 is 0 Å². The summed E-state index contributed by atoms with van der Waals surface area (Å²) in [5, 5.41) is 10.5. The molecule has 18 heavy (non-hydrogen) atoms. The van der Waals surface area contributed by atoms with Crippen LogP contribution in [0.4, 0.5) is 10.1 Å². The lowest BCUT2D eigenvalue weighted by molar-refractivity contribution is -0.387. The molecular weight excluding hydrogens is 239 g/mol. The van der Waals surface area contributed by atoms with E-state index in [9.17, 15) is 19.3 Å². The number of nitrogens with zero attached hydrogens (tertiary/aromatic N) is 2. The first-order chi connectivity index (χ1) is 8.56. The lowest BCUT2D eigenvalue weighted by atomic mass is 10.2. The average molecular weight is 248 g/mol. The van der Waals surface area contributed by atoms with Crippen LogP contribution in [0.1, 0.15) is 5.56 Å². The van der Waals surface area contributed by atoms with Gasteiger partial charge >= 0.3 is 5.69 Å². The molecule has 2 rings (SSSR count). The molecule has 6 heteroatoms. The highest BCUT2D eigenvalue weighted by atomic mass is 19.1. The third-order valence-corrected chi connectivity index (χ3v) is 2.43. The fraction of sp³-hybridized carbons (Fsp3) is 0.0833. The fourth-order valence-electron chi connectivity index (χ4n) is 1.56. The molecule has 5 nitrogen and oxygen atoms in total. The van der Waals surface area contributed by atoms with Crippen LogP contribution in [0.3, 0.4) is 0 Å². The molecule has 0 aliphatic heterocycles. The summed E-state index contributed by atoms with van der Waals surface area (Å²) in [5.74, 6) is -0.862. The predicted molar refractivity (Wildman–Crippen MR) is 62.9 cm³/mol. The van der Waals surface area contributed by atoms with Crippen molar-refractivity contribution in [3.8, 4) is 0 Å². The third kappa shape index (κ3) is 2.60. The highest BCUT2D eigenvalue weighted by Crippen LogP contribution is 2.18. The molecule has 0 N–H and O–H groups in total. The van der Waals surface area contributed by atoms with Crippen LogP contribution in [-0.4, -0.2) is 9.49 Å². The number of benzene rings is 1. The highest BCUT2D eigenvalue weighted by Gasteiger charge is 2.13. The van der Waals surface area contributed by atoms with Gasteiger partial charge in [0, 0.05) is 37.1 Å². The zero-order valence-electron chi connectivity index (χ0n) is 9.25. The largest absolute Gasteiger partial charge is 0.350 e. The molecule has 0 unspecified atom stereocenters. The van der Waals surface area contributed by atoms with Gasteiger partial charge in [0.2, 0.25) is 5.82 Å². The molecule has 0 saturated carbocycles. The Bertz CT molecular complexity index is 632. The van der Waals surface area contributed by atoms with Gasteiger partial charge in [0.15, 0.2) is 5.43 Å². The zero-order valence-corrected chi connectivity index (χ0v) is 9.25. The lowest BCUT2D eigenvalue weighted by Gasteiger charge is -2.05. The van der Waals surface area contributed by atoms with Crippen molar-refractivity contribution < 1.29 is 9.31 Å². The number of pyridine rings is 1. The summed E-state index contributed by atoms with van der Waals surface area (Å²) < 4.78 is 15.0. The van der Waals surface area contributed by atoms with Crippen molar-refractivity contribution in [3.63, 3.8) is 0 Å². The van der Waals surface area contributed by atoms with Gasteiger partial charge in [-0.3, -0.25) is 14.9 Å². The number of halogens is 1. The van der Waals surface area contributed by atoms with Crippen molar-refractivity contribution >= 4 is 5.69 Å². The summed E-state index contributed by atoms with van der Waals surface area (Å²) in [6.07, 6.45) is 3.14. The quantitative estimate of drug-likeness (QED) is 0.616. The van der Waals surface area contributed by atoms with Gasteiger partial charge in [-0.15, -0.1) is 0 Å². The molecule has 0 aliphatic carbocycles. The van der Waals surface area contributed by atoms with E-state index in [1.54, 1.807) is 17.0 Å². The molecule has 0 bridgehead atoms. The van der Waals surface area contributed by atoms with Gasteiger partial charge in [-0.25, -0.2) is 0 Å². The van der Waals surface area contributed by atoms with Crippen molar-refractivity contribution in [2.24, 2.45) is 0 Å².